The van der Waals surface area contributed by atoms with Gasteiger partial charge in [0.05, 0.1) is 0 Å². The Morgan fingerprint density at radius 2 is 1.44 bits per heavy atom. The molecular formula is C32H52O2. The van der Waals surface area contributed by atoms with Gasteiger partial charge in [0.15, 0.2) is 0 Å². The van der Waals surface area contributed by atoms with E-state index in [9.17, 15) is 4.79 Å². The van der Waals surface area contributed by atoms with E-state index in [2.05, 4.69) is 61.5 Å². The van der Waals surface area contributed by atoms with Crippen LogP contribution in [0.3, 0.4) is 0 Å². The molecule has 2 nitrogen and oxygen atoms in total. The van der Waals surface area contributed by atoms with Crippen LogP contribution in [0.5, 0.6) is 0 Å². The fourth-order valence-corrected chi connectivity index (χ4v) is 11.8. The number of allylic oxidation sites excluding steroid dienone is 2. The Morgan fingerprint density at radius 1 is 0.824 bits per heavy atom. The summed E-state index contributed by atoms with van der Waals surface area (Å²) in [7, 11) is 0. The summed E-state index contributed by atoms with van der Waals surface area (Å²) in [6.45, 7) is 22.3. The van der Waals surface area contributed by atoms with Crippen molar-refractivity contribution in [2.75, 3.05) is 0 Å². The van der Waals surface area contributed by atoms with E-state index in [0.29, 0.717) is 33.0 Å². The quantitative estimate of drug-likeness (QED) is 0.284. The van der Waals surface area contributed by atoms with Gasteiger partial charge in [0, 0.05) is 12.3 Å². The molecule has 0 bridgehead atoms. The third-order valence-electron chi connectivity index (χ3n) is 14.0. The number of rotatable bonds is 1. The van der Waals surface area contributed by atoms with Crippen LogP contribution in [0.25, 0.3) is 0 Å². The number of hydrogen-bond donors (Lipinski definition) is 0. The number of fused-ring (bicyclic) bond motifs is 7. The molecule has 5 aliphatic rings. The van der Waals surface area contributed by atoms with Crippen LogP contribution in [0.4, 0.5) is 0 Å². The normalized spacial score (nSPS) is 54.0. The van der Waals surface area contributed by atoms with Gasteiger partial charge in [-0.05, 0) is 116 Å². The van der Waals surface area contributed by atoms with Crippen LogP contribution in [0.2, 0.25) is 0 Å². The van der Waals surface area contributed by atoms with E-state index >= 15 is 0 Å². The molecule has 9 atom stereocenters. The molecule has 0 aromatic carbocycles. The minimum Gasteiger partial charge on any atom is -0.462 e. The Kier molecular flexibility index (Phi) is 5.40. The lowest BCUT2D eigenvalue weighted by atomic mass is 9.28. The lowest BCUT2D eigenvalue weighted by Gasteiger charge is -2.76. The van der Waals surface area contributed by atoms with Crippen molar-refractivity contribution in [1.82, 2.24) is 0 Å². The van der Waals surface area contributed by atoms with Crippen LogP contribution in [-0.4, -0.2) is 12.1 Å². The smallest absolute Gasteiger partial charge is 0.302 e. The van der Waals surface area contributed by atoms with Crippen molar-refractivity contribution in [2.24, 2.45) is 50.2 Å². The van der Waals surface area contributed by atoms with Gasteiger partial charge in [0.2, 0.25) is 0 Å². The van der Waals surface area contributed by atoms with E-state index < -0.39 is 0 Å². The second kappa shape index (κ2) is 7.38. The van der Waals surface area contributed by atoms with Crippen molar-refractivity contribution in [1.29, 1.82) is 0 Å². The van der Waals surface area contributed by atoms with E-state index in [-0.39, 0.29) is 17.5 Å². The Bertz CT molecular complexity index is 901. The molecule has 2 heteroatoms. The van der Waals surface area contributed by atoms with Gasteiger partial charge in [-0.1, -0.05) is 60.1 Å². The molecule has 5 rings (SSSR count). The van der Waals surface area contributed by atoms with Crippen LogP contribution in [0, 0.1) is 50.2 Å². The Hall–Kier alpha value is -0.790. The van der Waals surface area contributed by atoms with Crippen LogP contribution in [0.15, 0.2) is 11.6 Å². The average molecular weight is 469 g/mol. The first-order chi connectivity index (χ1) is 15.6. The molecule has 0 spiro atoms. The highest BCUT2D eigenvalue weighted by molar-refractivity contribution is 5.66. The number of carbonyl (C=O) groups is 1. The highest BCUT2D eigenvalue weighted by Gasteiger charge is 2.72. The second-order valence-electron chi connectivity index (χ2n) is 15.5. The van der Waals surface area contributed by atoms with E-state index in [1.165, 1.54) is 57.8 Å². The molecule has 0 aromatic rings. The zero-order chi connectivity index (χ0) is 24.9. The fraction of sp³-hybridized carbons (Fsp3) is 0.906. The van der Waals surface area contributed by atoms with Crippen LogP contribution in [0.1, 0.15) is 127 Å². The Balaban J connectivity index is 1.52. The van der Waals surface area contributed by atoms with Crippen molar-refractivity contribution >= 4 is 5.97 Å². The van der Waals surface area contributed by atoms with E-state index in [0.717, 1.165) is 18.3 Å². The lowest BCUT2D eigenvalue weighted by Crippen LogP contribution is -2.69. The van der Waals surface area contributed by atoms with Gasteiger partial charge in [-0.2, -0.15) is 0 Å². The van der Waals surface area contributed by atoms with E-state index in [1.54, 1.807) is 12.5 Å². The molecule has 0 heterocycles. The molecule has 4 saturated carbocycles. The largest absolute Gasteiger partial charge is 0.462 e. The van der Waals surface area contributed by atoms with Gasteiger partial charge in [0.1, 0.15) is 6.10 Å². The summed E-state index contributed by atoms with van der Waals surface area (Å²) in [6.07, 6.45) is 15.7. The molecule has 34 heavy (non-hydrogen) atoms. The minimum absolute atomic E-state index is 0.0536. The molecule has 0 aliphatic heterocycles. The third-order valence-corrected chi connectivity index (χ3v) is 14.0. The van der Waals surface area contributed by atoms with Gasteiger partial charge in [-0.3, -0.25) is 4.79 Å². The maximum atomic E-state index is 11.9. The van der Waals surface area contributed by atoms with E-state index in [1.807, 2.05) is 0 Å². The molecule has 4 fully saturated rings. The van der Waals surface area contributed by atoms with Crippen LogP contribution < -0.4 is 0 Å². The molecule has 0 aromatic heterocycles. The van der Waals surface area contributed by atoms with Gasteiger partial charge in [-0.25, -0.2) is 0 Å². The number of esters is 1. The summed E-state index contributed by atoms with van der Waals surface area (Å²) in [5, 5.41) is 0. The zero-order valence-corrected chi connectivity index (χ0v) is 23.8. The number of ether oxygens (including phenoxy) is 1. The molecule has 9 unspecified atom stereocenters. The maximum Gasteiger partial charge on any atom is 0.302 e. The maximum absolute atomic E-state index is 11.9. The standard InChI is InChI=1S/C32H52O2/c1-21-10-14-28(5)18-19-32(9)30(7)16-11-23-27(3,4)26(34-22(2)33)13-15-29(23,6)24(30)12-17-31(32,8)25(28)20-21/h10,23-26H,11-20H2,1-9H3. The van der Waals surface area contributed by atoms with Crippen molar-refractivity contribution in [3.05, 3.63) is 11.6 Å². The molecule has 0 saturated heterocycles. The lowest BCUT2D eigenvalue weighted by molar-refractivity contribution is -0.277. The minimum atomic E-state index is -0.106. The Labute approximate surface area is 210 Å². The highest BCUT2D eigenvalue weighted by Crippen LogP contribution is 2.79. The summed E-state index contributed by atoms with van der Waals surface area (Å²) in [4.78, 5) is 11.9. The summed E-state index contributed by atoms with van der Waals surface area (Å²) >= 11 is 0. The van der Waals surface area contributed by atoms with Gasteiger partial charge >= 0.3 is 5.97 Å². The first kappa shape index (κ1) is 24.9. The van der Waals surface area contributed by atoms with Crippen molar-refractivity contribution in [2.45, 2.75) is 133 Å². The van der Waals surface area contributed by atoms with Crippen molar-refractivity contribution < 1.29 is 9.53 Å². The topological polar surface area (TPSA) is 26.3 Å². The summed E-state index contributed by atoms with van der Waals surface area (Å²) in [5.74, 6) is 2.13. The predicted molar refractivity (Wildman–Crippen MR) is 140 cm³/mol. The molecule has 0 radical (unpaired) electrons. The second-order valence-corrected chi connectivity index (χ2v) is 15.5. The van der Waals surface area contributed by atoms with Gasteiger partial charge < -0.3 is 4.74 Å². The number of hydrogen-bond acceptors (Lipinski definition) is 2. The molecule has 5 aliphatic carbocycles. The zero-order valence-electron chi connectivity index (χ0n) is 23.8. The third kappa shape index (κ3) is 2.95. The molecule has 0 N–H and O–H groups in total. The summed E-state index contributed by atoms with van der Waals surface area (Å²) < 4.78 is 5.92. The van der Waals surface area contributed by atoms with Crippen LogP contribution in [-0.2, 0) is 9.53 Å². The SMILES string of the molecule is CC(=O)OC1CCC2(C)C(CCC3(C)C2CCC2(C)C4CC(C)=CCC4(C)CCC23C)C1(C)C. The van der Waals surface area contributed by atoms with E-state index in [4.69, 9.17) is 4.74 Å². The van der Waals surface area contributed by atoms with Crippen molar-refractivity contribution in [3.63, 3.8) is 0 Å². The first-order valence-electron chi connectivity index (χ1n) is 14.5. The van der Waals surface area contributed by atoms with Gasteiger partial charge in [0.25, 0.3) is 0 Å². The molecule has 192 valence electrons. The predicted octanol–water partition coefficient (Wildman–Crippen LogP) is 8.74. The molecular weight excluding hydrogens is 416 g/mol. The monoisotopic (exact) mass is 468 g/mol. The Morgan fingerprint density at radius 3 is 2.09 bits per heavy atom. The number of carbonyl (C=O) groups excluding carboxylic acids is 1. The van der Waals surface area contributed by atoms with Gasteiger partial charge in [-0.15, -0.1) is 0 Å². The summed E-state index contributed by atoms with van der Waals surface area (Å²) in [6, 6.07) is 0. The van der Waals surface area contributed by atoms with Crippen molar-refractivity contribution in [3.8, 4) is 0 Å². The fourth-order valence-electron chi connectivity index (χ4n) is 11.8. The van der Waals surface area contributed by atoms with Crippen LogP contribution >= 0.6 is 0 Å². The summed E-state index contributed by atoms with van der Waals surface area (Å²) in [5.41, 5.74) is 3.75. The average Bonchev–Trinajstić information content (AvgIpc) is 2.73. The highest BCUT2D eigenvalue weighted by atomic mass is 16.5. The first-order valence-corrected chi connectivity index (χ1v) is 14.5. The molecule has 0 amide bonds.